The number of benzene rings is 1. The smallest absolute Gasteiger partial charge is 0.328 e. The molecule has 0 unspecified atom stereocenters. The van der Waals surface area contributed by atoms with Crippen LogP contribution >= 0.6 is 0 Å². The number of nitrogens with zero attached hydrogens (tertiary/aromatic N) is 3. The van der Waals surface area contributed by atoms with E-state index in [0.717, 1.165) is 5.56 Å². The lowest BCUT2D eigenvalue weighted by molar-refractivity contribution is -0.386. The van der Waals surface area contributed by atoms with Crippen LogP contribution in [0.5, 0.6) is 11.5 Å². The topological polar surface area (TPSA) is 135 Å². The normalized spacial score (nSPS) is 12.3. The van der Waals surface area contributed by atoms with Gasteiger partial charge >= 0.3 is 11.7 Å². The van der Waals surface area contributed by atoms with Crippen molar-refractivity contribution < 1.29 is 28.7 Å². The van der Waals surface area contributed by atoms with Gasteiger partial charge in [0.05, 0.1) is 4.92 Å². The number of aromatic nitrogens is 2. The molecule has 0 saturated carbocycles. The molecule has 3 rings (SSSR count). The van der Waals surface area contributed by atoms with Gasteiger partial charge in [-0.15, -0.1) is 0 Å². The highest BCUT2D eigenvalue weighted by atomic mass is 16.6. The average Bonchev–Trinajstić information content (AvgIpc) is 2.99. The summed E-state index contributed by atoms with van der Waals surface area (Å²) in [5, 5.41) is 17.6. The second kappa shape index (κ2) is 9.25. The van der Waals surface area contributed by atoms with E-state index < -0.39 is 23.4 Å². The van der Waals surface area contributed by atoms with Gasteiger partial charge in [-0.2, -0.15) is 5.10 Å². The largest absolute Gasteiger partial charge is 0.486 e. The van der Waals surface area contributed by atoms with Gasteiger partial charge in [0.1, 0.15) is 31.1 Å². The first-order chi connectivity index (χ1) is 14.3. The Kier molecular flexibility index (Phi) is 6.50. The molecule has 0 bridgehead atoms. The fourth-order valence-corrected chi connectivity index (χ4v) is 3.06. The highest BCUT2D eigenvalue weighted by Gasteiger charge is 2.23. The zero-order valence-electron chi connectivity index (χ0n) is 16.7. The van der Waals surface area contributed by atoms with Gasteiger partial charge in [0.2, 0.25) is 0 Å². The minimum atomic E-state index is -0.711. The summed E-state index contributed by atoms with van der Waals surface area (Å²) in [5.74, 6) is 0.231. The van der Waals surface area contributed by atoms with Crippen LogP contribution in [0, 0.1) is 24.0 Å². The fourth-order valence-electron chi connectivity index (χ4n) is 3.06. The second-order valence-corrected chi connectivity index (χ2v) is 6.67. The molecule has 0 saturated heterocycles. The molecule has 0 aliphatic carbocycles. The summed E-state index contributed by atoms with van der Waals surface area (Å²) in [4.78, 5) is 34.3. The van der Waals surface area contributed by atoms with Crippen LogP contribution in [0.2, 0.25) is 0 Å². The summed E-state index contributed by atoms with van der Waals surface area (Å²) in [6, 6.07) is 5.60. The third kappa shape index (κ3) is 5.04. The van der Waals surface area contributed by atoms with E-state index in [4.69, 9.17) is 14.2 Å². The van der Waals surface area contributed by atoms with E-state index in [0.29, 0.717) is 37.7 Å². The maximum atomic E-state index is 11.9. The molecule has 2 aromatic rings. The molecule has 0 radical (unpaired) electrons. The zero-order chi connectivity index (χ0) is 21.7. The molecule has 1 N–H and O–H groups in total. The molecule has 1 aromatic carbocycles. The first-order valence-corrected chi connectivity index (χ1v) is 9.34. The van der Waals surface area contributed by atoms with E-state index in [1.807, 2.05) is 18.2 Å². The highest BCUT2D eigenvalue weighted by molar-refractivity contribution is 5.80. The number of esters is 1. The molecule has 30 heavy (non-hydrogen) atoms. The van der Waals surface area contributed by atoms with Crippen LogP contribution in [0.4, 0.5) is 5.69 Å². The van der Waals surface area contributed by atoms with Crippen molar-refractivity contribution in [1.82, 2.24) is 15.1 Å². The van der Waals surface area contributed by atoms with E-state index in [1.165, 1.54) is 18.5 Å². The standard InChI is InChI=1S/C19H22N4O7/c1-12-19(23(26)27)13(2)22(21-12)10-18(25)30-11-17(24)20-6-5-14-3-4-15-16(9-14)29-8-7-28-15/h3-4,9H,5-8,10-11H2,1-2H3,(H,20,24). The number of carbonyl (C=O) groups is 2. The molecule has 11 nitrogen and oxygen atoms in total. The van der Waals surface area contributed by atoms with E-state index in [-0.39, 0.29) is 23.6 Å². The summed E-state index contributed by atoms with van der Waals surface area (Å²) in [6.07, 6.45) is 0.575. The quantitative estimate of drug-likeness (QED) is 0.382. The lowest BCUT2D eigenvalue weighted by atomic mass is 10.1. The van der Waals surface area contributed by atoms with Crippen LogP contribution in [-0.2, 0) is 27.3 Å². The molecule has 1 aliphatic rings. The lowest BCUT2D eigenvalue weighted by Crippen LogP contribution is -2.31. The number of fused-ring (bicyclic) bond motifs is 1. The number of amides is 1. The van der Waals surface area contributed by atoms with E-state index in [2.05, 4.69) is 10.4 Å². The summed E-state index contributed by atoms with van der Waals surface area (Å²) >= 11 is 0. The third-order valence-corrected chi connectivity index (χ3v) is 4.51. The monoisotopic (exact) mass is 418 g/mol. The minimum absolute atomic E-state index is 0.139. The van der Waals surface area contributed by atoms with Gasteiger partial charge in [-0.1, -0.05) is 6.07 Å². The minimum Gasteiger partial charge on any atom is -0.486 e. The van der Waals surface area contributed by atoms with Gasteiger partial charge in [0.25, 0.3) is 5.91 Å². The van der Waals surface area contributed by atoms with E-state index >= 15 is 0 Å². The Morgan fingerprint density at radius 2 is 2.00 bits per heavy atom. The van der Waals surface area contributed by atoms with Gasteiger partial charge < -0.3 is 19.5 Å². The van der Waals surface area contributed by atoms with Crippen LogP contribution in [0.1, 0.15) is 17.0 Å². The molecule has 2 heterocycles. The van der Waals surface area contributed by atoms with Crippen LogP contribution < -0.4 is 14.8 Å². The SMILES string of the molecule is Cc1nn(CC(=O)OCC(=O)NCCc2ccc3c(c2)OCCO3)c(C)c1[N+](=O)[O-]. The predicted molar refractivity (Wildman–Crippen MR) is 103 cm³/mol. The lowest BCUT2D eigenvalue weighted by Gasteiger charge is -2.18. The van der Waals surface area contributed by atoms with Gasteiger partial charge in [0.15, 0.2) is 18.1 Å². The number of nitrogens with one attached hydrogen (secondary N) is 1. The van der Waals surface area contributed by atoms with E-state index in [1.54, 1.807) is 0 Å². The number of aryl methyl sites for hydroxylation is 1. The molecular formula is C19H22N4O7. The maximum Gasteiger partial charge on any atom is 0.328 e. The summed E-state index contributed by atoms with van der Waals surface area (Å²) in [6.45, 7) is 3.62. The van der Waals surface area contributed by atoms with Crippen molar-refractivity contribution >= 4 is 17.6 Å². The van der Waals surface area contributed by atoms with Gasteiger partial charge in [-0.3, -0.25) is 24.4 Å². The number of nitro groups is 1. The van der Waals surface area contributed by atoms with Crippen molar-refractivity contribution in [3.8, 4) is 11.5 Å². The Hall–Kier alpha value is -3.63. The van der Waals surface area contributed by atoms with Crippen LogP contribution in [0.15, 0.2) is 18.2 Å². The Labute approximate surface area is 172 Å². The van der Waals surface area contributed by atoms with Crippen LogP contribution in [-0.4, -0.2) is 52.9 Å². The maximum absolute atomic E-state index is 11.9. The first kappa shape index (κ1) is 21.1. The fraction of sp³-hybridized carbons (Fsp3) is 0.421. The average molecular weight is 418 g/mol. The summed E-state index contributed by atoms with van der Waals surface area (Å²) in [7, 11) is 0. The van der Waals surface area contributed by atoms with Gasteiger partial charge in [-0.25, -0.2) is 0 Å². The molecule has 1 amide bonds. The Morgan fingerprint density at radius 3 is 2.70 bits per heavy atom. The molecule has 0 spiro atoms. The van der Waals surface area contributed by atoms with Crippen molar-refractivity contribution in [3.63, 3.8) is 0 Å². The first-order valence-electron chi connectivity index (χ1n) is 9.34. The number of rotatable bonds is 8. The predicted octanol–water partition coefficient (Wildman–Crippen LogP) is 1.08. The Balaban J connectivity index is 1.41. The third-order valence-electron chi connectivity index (χ3n) is 4.51. The number of ether oxygens (including phenoxy) is 3. The van der Waals surface area contributed by atoms with Gasteiger partial charge in [-0.05, 0) is 38.0 Å². The molecule has 11 heteroatoms. The van der Waals surface area contributed by atoms with Crippen molar-refractivity contribution in [3.05, 3.63) is 45.3 Å². The Bertz CT molecular complexity index is 970. The summed E-state index contributed by atoms with van der Waals surface area (Å²) < 4.78 is 17.1. The highest BCUT2D eigenvalue weighted by Crippen LogP contribution is 2.30. The van der Waals surface area contributed by atoms with Crippen molar-refractivity contribution in [2.75, 3.05) is 26.4 Å². The molecule has 0 fully saturated rings. The van der Waals surface area contributed by atoms with Crippen LogP contribution in [0.3, 0.4) is 0 Å². The van der Waals surface area contributed by atoms with Crippen LogP contribution in [0.25, 0.3) is 0 Å². The molecule has 0 atom stereocenters. The number of carbonyl (C=O) groups excluding carboxylic acids is 2. The number of hydrogen-bond donors (Lipinski definition) is 1. The van der Waals surface area contributed by atoms with Crippen molar-refractivity contribution in [1.29, 1.82) is 0 Å². The zero-order valence-corrected chi connectivity index (χ0v) is 16.7. The molecule has 1 aliphatic heterocycles. The van der Waals surface area contributed by atoms with E-state index in [9.17, 15) is 19.7 Å². The Morgan fingerprint density at radius 1 is 1.27 bits per heavy atom. The summed E-state index contributed by atoms with van der Waals surface area (Å²) in [5.41, 5.74) is 1.29. The molecular weight excluding hydrogens is 396 g/mol. The van der Waals surface area contributed by atoms with Crippen molar-refractivity contribution in [2.45, 2.75) is 26.8 Å². The molecule has 160 valence electrons. The second-order valence-electron chi connectivity index (χ2n) is 6.67. The van der Waals surface area contributed by atoms with Gasteiger partial charge in [0, 0.05) is 6.54 Å². The molecule has 1 aromatic heterocycles. The number of hydrogen-bond acceptors (Lipinski definition) is 8. The van der Waals surface area contributed by atoms with Crippen molar-refractivity contribution in [2.24, 2.45) is 0 Å².